The molecule has 5 rings (SSSR count). The van der Waals surface area contributed by atoms with E-state index >= 15 is 0 Å². The molecule has 7 nitrogen and oxygen atoms in total. The summed E-state index contributed by atoms with van der Waals surface area (Å²) in [6.07, 6.45) is -0.408. The molecule has 1 saturated carbocycles. The smallest absolute Gasteiger partial charge is 0.349 e. The summed E-state index contributed by atoms with van der Waals surface area (Å²) in [4.78, 5) is 33.1. The van der Waals surface area contributed by atoms with Crippen molar-refractivity contribution in [2.24, 2.45) is 23.7 Å². The third-order valence-corrected chi connectivity index (χ3v) is 10.7. The Balaban J connectivity index is 0.00000423. The van der Waals surface area contributed by atoms with Crippen LogP contribution in [0.5, 0.6) is 0 Å². The fourth-order valence-corrected chi connectivity index (χ4v) is 7.99. The van der Waals surface area contributed by atoms with Crippen LogP contribution in [0.2, 0.25) is 0 Å². The van der Waals surface area contributed by atoms with E-state index in [1.54, 1.807) is 0 Å². The van der Waals surface area contributed by atoms with Crippen LogP contribution < -0.4 is 10.6 Å². The fraction of sp³-hybridized carbons (Fsp3) is 0.750. The van der Waals surface area contributed by atoms with E-state index in [-0.39, 0.29) is 48.9 Å². The first-order valence-corrected chi connectivity index (χ1v) is 15.9. The Morgan fingerprint density at radius 1 is 1.07 bits per heavy atom. The van der Waals surface area contributed by atoms with E-state index < -0.39 is 17.6 Å². The molecule has 42 heavy (non-hydrogen) atoms. The van der Waals surface area contributed by atoms with Gasteiger partial charge in [-0.3, -0.25) is 14.5 Å². The first-order chi connectivity index (χ1) is 19.9. The number of hydrogen-bond donors (Lipinski definition) is 2. The fourth-order valence-electron chi connectivity index (χ4n) is 7.99. The van der Waals surface area contributed by atoms with E-state index in [0.717, 1.165) is 71.0 Å². The summed E-state index contributed by atoms with van der Waals surface area (Å²) in [6, 6.07) is 4.53. The minimum atomic E-state index is -4.54. The lowest BCUT2D eigenvalue weighted by Gasteiger charge is -2.50. The molecule has 1 aromatic carbocycles. The van der Waals surface area contributed by atoms with Crippen molar-refractivity contribution < 1.29 is 24.2 Å². The van der Waals surface area contributed by atoms with Crippen LogP contribution >= 0.6 is 0 Å². The lowest BCUT2D eigenvalue weighted by Crippen LogP contribution is -2.60. The molecule has 0 radical (unpaired) electrons. The average molecular weight is 594 g/mol. The van der Waals surface area contributed by atoms with Crippen molar-refractivity contribution in [3.63, 3.8) is 0 Å². The zero-order chi connectivity index (χ0) is 30.2. The normalized spacial score (nSPS) is 33.4. The summed E-state index contributed by atoms with van der Waals surface area (Å²) < 4.78 is 42.4. The highest BCUT2D eigenvalue weighted by molar-refractivity contribution is 5.94. The summed E-state index contributed by atoms with van der Waals surface area (Å²) in [5.41, 5.74) is -0.486. The molecule has 236 valence electrons. The van der Waals surface area contributed by atoms with Gasteiger partial charge in [-0.25, -0.2) is 0 Å². The molecular weight excluding hydrogens is 543 g/mol. The number of nitrogens with one attached hydrogen (secondary N) is 2. The number of piperazine rings is 1. The maximum Gasteiger partial charge on any atom is 0.416 e. The summed E-state index contributed by atoms with van der Waals surface area (Å²) in [5, 5.41) is 6.61. The second-order valence-corrected chi connectivity index (χ2v) is 13.4. The largest absolute Gasteiger partial charge is 0.416 e. The summed E-state index contributed by atoms with van der Waals surface area (Å²) in [6.45, 7) is 11.7. The van der Waals surface area contributed by atoms with E-state index in [2.05, 4.69) is 41.2 Å². The van der Waals surface area contributed by atoms with Gasteiger partial charge in [0.15, 0.2) is 0 Å². The second-order valence-electron chi connectivity index (χ2n) is 13.4. The standard InChI is InChI=1S/C32H48F3N5O2.H2/c1-5-39-10-12-40(13-11-39)19-23-8-7-22(16-28(23)32(33,34)35)30(41)37-25-9-6-20(2)26(17-25)27-15-24-18-36-21(3)14-29(24)38(4)31(27)42;/h7-8,16,20-21,24-27,29,36H,5-6,9-15,17-19H2,1-4H3,(H,37,41);1H. The van der Waals surface area contributed by atoms with E-state index in [1.807, 2.05) is 11.9 Å². The van der Waals surface area contributed by atoms with Crippen molar-refractivity contribution in [2.45, 2.75) is 83.7 Å². The summed E-state index contributed by atoms with van der Waals surface area (Å²) in [7, 11) is 1.93. The molecule has 2 amide bonds. The van der Waals surface area contributed by atoms with Crippen molar-refractivity contribution in [3.05, 3.63) is 34.9 Å². The lowest BCUT2D eigenvalue weighted by atomic mass is 9.65. The zero-order valence-electron chi connectivity index (χ0n) is 25.6. The molecule has 10 heteroatoms. The first kappa shape index (κ1) is 31.3. The van der Waals surface area contributed by atoms with Crippen LogP contribution in [0.1, 0.15) is 75.8 Å². The molecule has 3 saturated heterocycles. The molecule has 4 aliphatic rings. The van der Waals surface area contributed by atoms with Gasteiger partial charge < -0.3 is 20.4 Å². The highest BCUT2D eigenvalue weighted by Gasteiger charge is 2.47. The third-order valence-electron chi connectivity index (χ3n) is 10.7. The topological polar surface area (TPSA) is 67.9 Å². The summed E-state index contributed by atoms with van der Waals surface area (Å²) >= 11 is 0. The van der Waals surface area contributed by atoms with Crippen molar-refractivity contribution in [2.75, 3.05) is 46.3 Å². The van der Waals surface area contributed by atoms with Crippen molar-refractivity contribution in [1.82, 2.24) is 25.3 Å². The molecular formula is C32H50F3N5O2. The molecule has 0 bridgehead atoms. The molecule has 0 aromatic heterocycles. The Hall–Kier alpha value is -2.17. The Labute approximate surface area is 250 Å². The van der Waals surface area contributed by atoms with Gasteiger partial charge in [0.2, 0.25) is 5.91 Å². The van der Waals surface area contributed by atoms with Gasteiger partial charge in [-0.15, -0.1) is 0 Å². The molecule has 3 aliphatic heterocycles. The van der Waals surface area contributed by atoms with Gasteiger partial charge in [0.25, 0.3) is 5.91 Å². The molecule has 0 spiro atoms. The van der Waals surface area contributed by atoms with Gasteiger partial charge in [0.1, 0.15) is 0 Å². The van der Waals surface area contributed by atoms with Crippen molar-refractivity contribution in [1.29, 1.82) is 0 Å². The number of likely N-dealkylation sites (N-methyl/N-ethyl adjacent to an activating group) is 1. The Morgan fingerprint density at radius 2 is 1.79 bits per heavy atom. The van der Waals surface area contributed by atoms with E-state index in [1.165, 1.54) is 12.1 Å². The second kappa shape index (κ2) is 12.8. The predicted molar refractivity (Wildman–Crippen MR) is 159 cm³/mol. The summed E-state index contributed by atoms with van der Waals surface area (Å²) in [5.74, 6) is 0.556. The quantitative estimate of drug-likeness (QED) is 0.510. The number of alkyl halides is 3. The van der Waals surface area contributed by atoms with Gasteiger partial charge in [0, 0.05) is 77.3 Å². The van der Waals surface area contributed by atoms with Crippen LogP contribution in [0.25, 0.3) is 0 Å². The zero-order valence-corrected chi connectivity index (χ0v) is 25.6. The Bertz CT molecular complexity index is 1130. The van der Waals surface area contributed by atoms with Gasteiger partial charge in [-0.05, 0) is 81.0 Å². The minimum Gasteiger partial charge on any atom is -0.349 e. The third kappa shape index (κ3) is 6.81. The number of piperidine rings is 2. The number of hydrogen-bond acceptors (Lipinski definition) is 5. The number of rotatable bonds is 6. The number of carbonyl (C=O) groups is 2. The van der Waals surface area contributed by atoms with Crippen LogP contribution in [-0.4, -0.2) is 91.0 Å². The number of benzene rings is 1. The van der Waals surface area contributed by atoms with Crippen molar-refractivity contribution in [3.8, 4) is 0 Å². The molecule has 3 heterocycles. The maximum atomic E-state index is 14.1. The minimum absolute atomic E-state index is 0. The SMILES string of the molecule is CCN1CCN(Cc2ccc(C(=O)NC3CCC(C)C(C4CC5CNC(C)CC5N(C)C4=O)C3)cc2C(F)(F)F)CC1.[HH]. The number of nitrogens with zero attached hydrogens (tertiary/aromatic N) is 3. The van der Waals surface area contributed by atoms with Gasteiger partial charge in [-0.2, -0.15) is 13.2 Å². The van der Waals surface area contributed by atoms with Crippen LogP contribution in [0.3, 0.4) is 0 Å². The highest BCUT2D eigenvalue weighted by atomic mass is 19.4. The van der Waals surface area contributed by atoms with Crippen LogP contribution in [0.15, 0.2) is 18.2 Å². The van der Waals surface area contributed by atoms with E-state index in [0.29, 0.717) is 24.3 Å². The number of halogens is 3. The van der Waals surface area contributed by atoms with Crippen LogP contribution in [0, 0.1) is 23.7 Å². The molecule has 2 N–H and O–H groups in total. The Morgan fingerprint density at radius 3 is 2.48 bits per heavy atom. The van der Waals surface area contributed by atoms with E-state index in [4.69, 9.17) is 0 Å². The first-order valence-electron chi connectivity index (χ1n) is 15.9. The number of likely N-dealkylation sites (tertiary alicyclic amines) is 1. The van der Waals surface area contributed by atoms with Gasteiger partial charge in [-0.1, -0.05) is 19.9 Å². The van der Waals surface area contributed by atoms with Crippen LogP contribution in [0.4, 0.5) is 13.2 Å². The van der Waals surface area contributed by atoms with Gasteiger partial charge in [0.05, 0.1) is 5.56 Å². The monoisotopic (exact) mass is 593 g/mol. The molecule has 1 aliphatic carbocycles. The average Bonchev–Trinajstić information content (AvgIpc) is 2.96. The molecule has 1 aromatic rings. The van der Waals surface area contributed by atoms with Crippen LogP contribution in [-0.2, 0) is 17.5 Å². The maximum absolute atomic E-state index is 14.1. The van der Waals surface area contributed by atoms with Crippen molar-refractivity contribution >= 4 is 11.8 Å². The molecule has 7 unspecified atom stereocenters. The number of carbonyl (C=O) groups excluding carboxylic acids is 2. The number of fused-ring (bicyclic) bond motifs is 1. The predicted octanol–water partition coefficient (Wildman–Crippen LogP) is 4.47. The number of amides is 2. The molecule has 7 atom stereocenters. The van der Waals surface area contributed by atoms with Gasteiger partial charge >= 0.3 is 6.18 Å². The lowest BCUT2D eigenvalue weighted by molar-refractivity contribution is -0.148. The van der Waals surface area contributed by atoms with E-state index in [9.17, 15) is 22.8 Å². The highest BCUT2D eigenvalue weighted by Crippen LogP contribution is 2.43. The Kier molecular flexibility index (Phi) is 9.54. The molecule has 4 fully saturated rings.